The molecule has 1 aromatic heterocycles. The fraction of sp³-hybridized carbons (Fsp3) is 0.292. The van der Waals surface area contributed by atoms with Crippen LogP contribution >= 0.6 is 11.3 Å². The van der Waals surface area contributed by atoms with Crippen molar-refractivity contribution in [2.75, 3.05) is 19.8 Å². The second kappa shape index (κ2) is 11.8. The zero-order valence-corrected chi connectivity index (χ0v) is 20.3. The molecular weight excluding hydrogens is 460 g/mol. The molecule has 0 aliphatic rings. The van der Waals surface area contributed by atoms with Crippen LogP contribution in [0.4, 0.5) is 0 Å². The third kappa shape index (κ3) is 7.05. The summed E-state index contributed by atoms with van der Waals surface area (Å²) < 4.78 is 38.7. The van der Waals surface area contributed by atoms with Gasteiger partial charge in [0.15, 0.2) is 11.5 Å². The van der Waals surface area contributed by atoms with Gasteiger partial charge in [0, 0.05) is 23.5 Å². The number of benzene rings is 2. The summed E-state index contributed by atoms with van der Waals surface area (Å²) in [6, 6.07) is 15.4. The fourth-order valence-electron chi connectivity index (χ4n) is 3.12. The molecule has 0 aliphatic carbocycles. The third-order valence-electron chi connectivity index (χ3n) is 4.75. The van der Waals surface area contributed by atoms with Gasteiger partial charge in [-0.25, -0.2) is 13.1 Å². The van der Waals surface area contributed by atoms with Crippen molar-refractivity contribution in [3.8, 4) is 11.5 Å². The lowest BCUT2D eigenvalue weighted by Crippen LogP contribution is -2.26. The molecule has 176 valence electrons. The highest BCUT2D eigenvalue weighted by Gasteiger charge is 2.15. The molecule has 0 atom stereocenters. The molecule has 0 bridgehead atoms. The standard InChI is InChI=1S/C24H28N2O5S2/c1-3-30-22-12-7-18(16-23(22)31-4-2)13-14-25-24(27)19-8-10-21(11-9-19)33(28,29)26-17-20-6-5-15-32-20/h5-12,15-16,26H,3-4,13-14,17H2,1-2H3,(H,25,27). The van der Waals surface area contributed by atoms with Crippen LogP contribution in [0.2, 0.25) is 0 Å². The Kier molecular flexibility index (Phi) is 8.87. The second-order valence-electron chi connectivity index (χ2n) is 7.08. The third-order valence-corrected chi connectivity index (χ3v) is 7.04. The number of thiophene rings is 1. The van der Waals surface area contributed by atoms with Crippen molar-refractivity contribution >= 4 is 27.3 Å². The summed E-state index contributed by atoms with van der Waals surface area (Å²) in [5.74, 6) is 1.13. The molecule has 9 heteroatoms. The van der Waals surface area contributed by atoms with Gasteiger partial charge in [0.05, 0.1) is 18.1 Å². The summed E-state index contributed by atoms with van der Waals surface area (Å²) in [6.45, 7) is 5.59. The summed E-state index contributed by atoms with van der Waals surface area (Å²) in [7, 11) is -3.65. The van der Waals surface area contributed by atoms with E-state index in [0.29, 0.717) is 43.2 Å². The van der Waals surface area contributed by atoms with Crippen LogP contribution in [-0.2, 0) is 23.0 Å². The molecule has 1 amide bonds. The van der Waals surface area contributed by atoms with Gasteiger partial charge in [-0.3, -0.25) is 4.79 Å². The van der Waals surface area contributed by atoms with Crippen LogP contribution in [-0.4, -0.2) is 34.1 Å². The zero-order valence-electron chi connectivity index (χ0n) is 18.7. The van der Waals surface area contributed by atoms with Gasteiger partial charge in [-0.1, -0.05) is 12.1 Å². The first-order chi connectivity index (χ1) is 15.9. The lowest BCUT2D eigenvalue weighted by Gasteiger charge is -2.13. The minimum Gasteiger partial charge on any atom is -0.490 e. The predicted molar refractivity (Wildman–Crippen MR) is 130 cm³/mol. The van der Waals surface area contributed by atoms with Crippen LogP contribution in [0, 0.1) is 0 Å². The van der Waals surface area contributed by atoms with E-state index in [2.05, 4.69) is 10.0 Å². The molecule has 1 heterocycles. The summed E-state index contributed by atoms with van der Waals surface area (Å²) >= 11 is 1.48. The maximum absolute atomic E-state index is 12.5. The molecule has 0 radical (unpaired) electrons. The monoisotopic (exact) mass is 488 g/mol. The highest BCUT2D eigenvalue weighted by Crippen LogP contribution is 2.28. The minimum absolute atomic E-state index is 0.119. The van der Waals surface area contributed by atoms with E-state index in [9.17, 15) is 13.2 Å². The van der Waals surface area contributed by atoms with Crippen molar-refractivity contribution in [1.29, 1.82) is 0 Å². The van der Waals surface area contributed by atoms with Gasteiger partial charge in [0.2, 0.25) is 10.0 Å². The van der Waals surface area contributed by atoms with E-state index in [4.69, 9.17) is 9.47 Å². The molecule has 3 aromatic rings. The van der Waals surface area contributed by atoms with Crippen molar-refractivity contribution in [3.05, 3.63) is 76.0 Å². The van der Waals surface area contributed by atoms with Crippen molar-refractivity contribution in [2.45, 2.75) is 31.7 Å². The van der Waals surface area contributed by atoms with Gasteiger partial charge in [0.25, 0.3) is 5.91 Å². The molecular formula is C24H28N2O5S2. The predicted octanol–water partition coefficient (Wildman–Crippen LogP) is 4.00. The van der Waals surface area contributed by atoms with Gasteiger partial charge in [0.1, 0.15) is 0 Å². The molecule has 0 saturated heterocycles. The Hall–Kier alpha value is -2.88. The second-order valence-corrected chi connectivity index (χ2v) is 9.88. The van der Waals surface area contributed by atoms with Crippen molar-refractivity contribution in [2.24, 2.45) is 0 Å². The largest absolute Gasteiger partial charge is 0.490 e. The molecule has 0 fully saturated rings. The molecule has 33 heavy (non-hydrogen) atoms. The number of carbonyl (C=O) groups excluding carboxylic acids is 1. The first-order valence-electron chi connectivity index (χ1n) is 10.7. The number of ether oxygens (including phenoxy) is 2. The van der Waals surface area contributed by atoms with E-state index < -0.39 is 10.0 Å². The van der Waals surface area contributed by atoms with Crippen molar-refractivity contribution in [1.82, 2.24) is 10.0 Å². The Labute approximate surface area is 198 Å². The number of carbonyl (C=O) groups is 1. The topological polar surface area (TPSA) is 93.7 Å². The van der Waals surface area contributed by atoms with Crippen molar-refractivity contribution < 1.29 is 22.7 Å². The molecule has 7 nitrogen and oxygen atoms in total. The highest BCUT2D eigenvalue weighted by molar-refractivity contribution is 7.89. The maximum Gasteiger partial charge on any atom is 0.251 e. The summed E-state index contributed by atoms with van der Waals surface area (Å²) in [4.78, 5) is 13.5. The molecule has 0 unspecified atom stereocenters. The van der Waals surface area contributed by atoms with Crippen molar-refractivity contribution in [3.63, 3.8) is 0 Å². The van der Waals surface area contributed by atoms with Gasteiger partial charge in [-0.05, 0) is 73.7 Å². The quantitative estimate of drug-likeness (QED) is 0.402. The number of hydrogen-bond acceptors (Lipinski definition) is 6. The maximum atomic E-state index is 12.5. The summed E-state index contributed by atoms with van der Waals surface area (Å²) in [6.07, 6.45) is 0.622. The molecule has 0 saturated carbocycles. The van der Waals surface area contributed by atoms with Crippen LogP contribution in [0.3, 0.4) is 0 Å². The zero-order chi connectivity index (χ0) is 23.7. The first kappa shape index (κ1) is 24.8. The Balaban J connectivity index is 1.54. The van der Waals surface area contributed by atoms with Gasteiger partial charge < -0.3 is 14.8 Å². The van der Waals surface area contributed by atoms with Crippen LogP contribution in [0.15, 0.2) is 64.9 Å². The molecule has 0 spiro atoms. The number of nitrogens with one attached hydrogen (secondary N) is 2. The van der Waals surface area contributed by atoms with Gasteiger partial charge in [-0.15, -0.1) is 11.3 Å². The first-order valence-corrected chi connectivity index (χ1v) is 13.1. The Morgan fingerprint density at radius 1 is 0.970 bits per heavy atom. The lowest BCUT2D eigenvalue weighted by atomic mass is 10.1. The van der Waals surface area contributed by atoms with Crippen LogP contribution < -0.4 is 19.5 Å². The van der Waals surface area contributed by atoms with E-state index in [1.165, 1.54) is 35.6 Å². The Morgan fingerprint density at radius 2 is 1.70 bits per heavy atom. The highest BCUT2D eigenvalue weighted by atomic mass is 32.2. The molecule has 2 N–H and O–H groups in total. The smallest absolute Gasteiger partial charge is 0.251 e. The lowest BCUT2D eigenvalue weighted by molar-refractivity contribution is 0.0954. The average Bonchev–Trinajstić information content (AvgIpc) is 3.34. The summed E-state index contributed by atoms with van der Waals surface area (Å²) in [5.41, 5.74) is 1.41. The number of sulfonamides is 1. The molecule has 3 rings (SSSR count). The summed E-state index contributed by atoms with van der Waals surface area (Å²) in [5, 5.41) is 4.76. The Morgan fingerprint density at radius 3 is 2.36 bits per heavy atom. The normalized spacial score (nSPS) is 11.2. The SMILES string of the molecule is CCOc1ccc(CCNC(=O)c2ccc(S(=O)(=O)NCc3cccs3)cc2)cc1OCC. The average molecular weight is 489 g/mol. The molecule has 2 aromatic carbocycles. The molecule has 0 aliphatic heterocycles. The minimum atomic E-state index is -3.65. The van der Waals surface area contributed by atoms with Gasteiger partial charge >= 0.3 is 0 Å². The van der Waals surface area contributed by atoms with Crippen LogP contribution in [0.25, 0.3) is 0 Å². The number of amides is 1. The number of rotatable bonds is 12. The van der Waals surface area contributed by atoms with Crippen LogP contribution in [0.5, 0.6) is 11.5 Å². The Bertz CT molecular complexity index is 1140. The van der Waals surface area contributed by atoms with Gasteiger partial charge in [-0.2, -0.15) is 0 Å². The van der Waals surface area contributed by atoms with E-state index in [1.807, 2.05) is 49.6 Å². The van der Waals surface area contributed by atoms with E-state index in [1.54, 1.807) is 0 Å². The van der Waals surface area contributed by atoms with E-state index in [0.717, 1.165) is 10.4 Å². The van der Waals surface area contributed by atoms with Crippen LogP contribution in [0.1, 0.15) is 34.6 Å². The van der Waals surface area contributed by atoms with E-state index in [-0.39, 0.29) is 17.3 Å². The van der Waals surface area contributed by atoms with E-state index >= 15 is 0 Å². The number of hydrogen-bond donors (Lipinski definition) is 2. The fourth-order valence-corrected chi connectivity index (χ4v) is 4.86.